The van der Waals surface area contributed by atoms with Crippen LogP contribution < -0.4 is 5.32 Å². The third-order valence-electron chi connectivity index (χ3n) is 3.58. The first-order chi connectivity index (χ1) is 8.45. The summed E-state index contributed by atoms with van der Waals surface area (Å²) in [6, 6.07) is 0.304. The van der Waals surface area contributed by atoms with Crippen LogP contribution in [-0.4, -0.2) is 35.7 Å². The van der Waals surface area contributed by atoms with E-state index in [9.17, 15) is 8.42 Å². The Hall–Kier alpha value is -0.880. The highest BCUT2D eigenvalue weighted by molar-refractivity contribution is 7.91. The number of nitrogens with zero attached hydrogens (tertiary/aromatic N) is 2. The monoisotopic (exact) mass is 271 g/mol. The number of aryl methyl sites for hydroxylation is 1. The average molecular weight is 271 g/mol. The maximum Gasteiger partial charge on any atom is 0.150 e. The van der Waals surface area contributed by atoms with Crippen molar-refractivity contribution in [2.24, 2.45) is 7.05 Å². The first kappa shape index (κ1) is 13.5. The fraction of sp³-hybridized carbons (Fsp3) is 0.750. The van der Waals surface area contributed by atoms with E-state index in [1.165, 1.54) is 6.26 Å². The quantitative estimate of drug-likeness (QED) is 0.882. The lowest BCUT2D eigenvalue weighted by Crippen LogP contribution is -2.38. The molecule has 0 bridgehead atoms. The molecule has 102 valence electrons. The van der Waals surface area contributed by atoms with Gasteiger partial charge in [0.15, 0.2) is 0 Å². The second-order valence-corrected chi connectivity index (χ2v) is 7.54. The van der Waals surface area contributed by atoms with E-state index in [1.807, 2.05) is 19.4 Å². The van der Waals surface area contributed by atoms with Crippen LogP contribution in [0.2, 0.25) is 0 Å². The summed E-state index contributed by atoms with van der Waals surface area (Å²) in [5, 5.41) is 7.38. The van der Waals surface area contributed by atoms with E-state index < -0.39 is 9.84 Å². The maximum absolute atomic E-state index is 11.6. The molecule has 1 fully saturated rings. The van der Waals surface area contributed by atoms with Crippen LogP contribution in [0.5, 0.6) is 0 Å². The van der Waals surface area contributed by atoms with Crippen LogP contribution in [0.1, 0.15) is 31.2 Å². The molecule has 1 N–H and O–H groups in total. The lowest BCUT2D eigenvalue weighted by atomic mass is 9.95. The van der Waals surface area contributed by atoms with E-state index in [4.69, 9.17) is 0 Å². The van der Waals surface area contributed by atoms with Crippen molar-refractivity contribution in [3.63, 3.8) is 0 Å². The largest absolute Gasteiger partial charge is 0.310 e. The van der Waals surface area contributed by atoms with Gasteiger partial charge >= 0.3 is 0 Å². The van der Waals surface area contributed by atoms with Crippen molar-refractivity contribution in [2.45, 2.75) is 43.5 Å². The van der Waals surface area contributed by atoms with Gasteiger partial charge in [-0.2, -0.15) is 5.10 Å². The van der Waals surface area contributed by atoms with Gasteiger partial charge in [-0.1, -0.05) is 6.42 Å². The molecule has 1 aliphatic carbocycles. The molecule has 2 rings (SSSR count). The van der Waals surface area contributed by atoms with Gasteiger partial charge in [-0.05, 0) is 19.3 Å². The molecule has 1 aromatic heterocycles. The average Bonchev–Trinajstić information content (AvgIpc) is 2.72. The van der Waals surface area contributed by atoms with Crippen LogP contribution in [-0.2, 0) is 23.4 Å². The fourth-order valence-corrected chi connectivity index (χ4v) is 3.72. The van der Waals surface area contributed by atoms with Crippen LogP contribution in [0.3, 0.4) is 0 Å². The van der Waals surface area contributed by atoms with E-state index in [1.54, 1.807) is 4.68 Å². The Balaban J connectivity index is 1.86. The first-order valence-electron chi connectivity index (χ1n) is 6.35. The highest BCUT2D eigenvalue weighted by Crippen LogP contribution is 2.24. The second kappa shape index (κ2) is 5.40. The SMILES string of the molecule is Cn1cc(CNC2CCCC(S(C)(=O)=O)C2)cn1. The van der Waals surface area contributed by atoms with Crippen LogP contribution in [0.4, 0.5) is 0 Å². The van der Waals surface area contributed by atoms with Crippen LogP contribution in [0, 0.1) is 0 Å². The minimum absolute atomic E-state index is 0.169. The normalized spacial score (nSPS) is 25.2. The van der Waals surface area contributed by atoms with Gasteiger partial charge in [0.05, 0.1) is 11.4 Å². The Bertz CT molecular complexity index is 495. The third kappa shape index (κ3) is 3.55. The van der Waals surface area contributed by atoms with Gasteiger partial charge in [-0.3, -0.25) is 4.68 Å². The van der Waals surface area contributed by atoms with Crippen LogP contribution >= 0.6 is 0 Å². The predicted octanol–water partition coefficient (Wildman–Crippen LogP) is 0.865. The van der Waals surface area contributed by atoms with Gasteiger partial charge in [0.1, 0.15) is 9.84 Å². The molecule has 0 radical (unpaired) electrons. The van der Waals surface area contributed by atoms with Crippen molar-refractivity contribution in [3.8, 4) is 0 Å². The molecular formula is C12H21N3O2S. The zero-order chi connectivity index (χ0) is 13.2. The van der Waals surface area contributed by atoms with Crippen molar-refractivity contribution in [1.82, 2.24) is 15.1 Å². The molecule has 0 amide bonds. The van der Waals surface area contributed by atoms with Crippen molar-refractivity contribution in [2.75, 3.05) is 6.26 Å². The summed E-state index contributed by atoms with van der Waals surface area (Å²) in [7, 11) is -1.00. The molecule has 1 saturated carbocycles. The van der Waals surface area contributed by atoms with E-state index in [-0.39, 0.29) is 5.25 Å². The molecule has 18 heavy (non-hydrogen) atoms. The number of sulfone groups is 1. The van der Waals surface area contributed by atoms with Gasteiger partial charge < -0.3 is 5.32 Å². The van der Waals surface area contributed by atoms with Gasteiger partial charge in [0.2, 0.25) is 0 Å². The minimum atomic E-state index is -2.89. The number of nitrogens with one attached hydrogen (secondary N) is 1. The second-order valence-electron chi connectivity index (χ2n) is 5.22. The van der Waals surface area contributed by atoms with Gasteiger partial charge in [0, 0.05) is 37.7 Å². The Morgan fingerprint density at radius 1 is 1.50 bits per heavy atom. The molecule has 1 aliphatic rings. The maximum atomic E-state index is 11.6. The summed E-state index contributed by atoms with van der Waals surface area (Å²) in [5.41, 5.74) is 1.14. The minimum Gasteiger partial charge on any atom is -0.310 e. The Labute approximate surface area is 108 Å². The van der Waals surface area contributed by atoms with E-state index in [0.717, 1.165) is 37.8 Å². The summed E-state index contributed by atoms with van der Waals surface area (Å²) in [6.07, 6.45) is 8.76. The highest BCUT2D eigenvalue weighted by atomic mass is 32.2. The molecule has 0 saturated heterocycles. The summed E-state index contributed by atoms with van der Waals surface area (Å²) in [5.74, 6) is 0. The molecule has 6 heteroatoms. The van der Waals surface area contributed by atoms with Crippen molar-refractivity contribution in [3.05, 3.63) is 18.0 Å². The Morgan fingerprint density at radius 3 is 2.89 bits per heavy atom. The zero-order valence-electron chi connectivity index (χ0n) is 11.0. The standard InChI is InChI=1S/C12H21N3O2S/c1-15-9-10(8-14-15)7-13-11-4-3-5-12(6-11)18(2,16)17/h8-9,11-13H,3-7H2,1-2H3. The summed E-state index contributed by atoms with van der Waals surface area (Å²) in [6.45, 7) is 0.759. The van der Waals surface area contributed by atoms with Crippen LogP contribution in [0.15, 0.2) is 12.4 Å². The summed E-state index contributed by atoms with van der Waals surface area (Å²) < 4.78 is 24.9. The van der Waals surface area contributed by atoms with Crippen molar-refractivity contribution >= 4 is 9.84 Å². The lowest BCUT2D eigenvalue weighted by molar-refractivity contribution is 0.371. The molecular weight excluding hydrogens is 250 g/mol. The van der Waals surface area contributed by atoms with Gasteiger partial charge in [0.25, 0.3) is 0 Å². The number of hydrogen-bond acceptors (Lipinski definition) is 4. The van der Waals surface area contributed by atoms with E-state index in [0.29, 0.717) is 6.04 Å². The van der Waals surface area contributed by atoms with Crippen molar-refractivity contribution in [1.29, 1.82) is 0 Å². The molecule has 1 heterocycles. The van der Waals surface area contributed by atoms with E-state index >= 15 is 0 Å². The fourth-order valence-electron chi connectivity index (χ4n) is 2.54. The topological polar surface area (TPSA) is 64.0 Å². The molecule has 2 unspecified atom stereocenters. The molecule has 5 nitrogen and oxygen atoms in total. The molecule has 1 aromatic rings. The lowest BCUT2D eigenvalue weighted by Gasteiger charge is -2.28. The molecule has 0 spiro atoms. The third-order valence-corrected chi connectivity index (χ3v) is 5.22. The van der Waals surface area contributed by atoms with Crippen LogP contribution in [0.25, 0.3) is 0 Å². The highest BCUT2D eigenvalue weighted by Gasteiger charge is 2.28. The molecule has 0 aliphatic heterocycles. The first-order valence-corrected chi connectivity index (χ1v) is 8.30. The summed E-state index contributed by atoms with van der Waals surface area (Å²) in [4.78, 5) is 0. The van der Waals surface area contributed by atoms with Gasteiger partial charge in [-0.15, -0.1) is 0 Å². The summed E-state index contributed by atoms with van der Waals surface area (Å²) >= 11 is 0. The van der Waals surface area contributed by atoms with E-state index in [2.05, 4.69) is 10.4 Å². The van der Waals surface area contributed by atoms with Crippen molar-refractivity contribution < 1.29 is 8.42 Å². The molecule has 2 atom stereocenters. The zero-order valence-corrected chi connectivity index (χ0v) is 11.8. The Morgan fingerprint density at radius 2 is 2.28 bits per heavy atom. The van der Waals surface area contributed by atoms with Gasteiger partial charge in [-0.25, -0.2) is 8.42 Å². The molecule has 0 aromatic carbocycles. The Kier molecular flexibility index (Phi) is 4.07. The number of hydrogen-bond donors (Lipinski definition) is 1. The predicted molar refractivity (Wildman–Crippen MR) is 70.9 cm³/mol. The number of rotatable bonds is 4. The smallest absolute Gasteiger partial charge is 0.150 e. The number of aromatic nitrogens is 2.